The van der Waals surface area contributed by atoms with Crippen LogP contribution in [0.3, 0.4) is 0 Å². The lowest BCUT2D eigenvalue weighted by atomic mass is 9.94. The van der Waals surface area contributed by atoms with E-state index in [1.165, 1.54) is 24.5 Å². The molecule has 1 fully saturated rings. The molecule has 1 aliphatic rings. The molecule has 0 aliphatic heterocycles. The average Bonchev–Trinajstić information content (AvgIpc) is 3.39. The maximum atomic E-state index is 13.8. The van der Waals surface area contributed by atoms with Crippen molar-refractivity contribution in [3.63, 3.8) is 0 Å². The van der Waals surface area contributed by atoms with Crippen LogP contribution >= 0.6 is 0 Å². The zero-order valence-corrected chi connectivity index (χ0v) is 20.1. The molecular weight excluding hydrogens is 442 g/mol. The average molecular weight is 474 g/mol. The molecule has 0 unspecified atom stereocenters. The standard InChI is InChI=1S/C28H31N3O4/c1-19-10-12-21(13-11-19)26(27(33)30-22-7-4-3-5-8-22)31(28(34)25-9-6-18-35-25)24-16-14-23(15-17-24)29-20(2)32/h6,9-18,22,26H,3-5,7-8H2,1-2H3,(H,29,32)(H,30,33)/t26-/m0/s1. The molecule has 4 rings (SSSR count). The summed E-state index contributed by atoms with van der Waals surface area (Å²) in [7, 11) is 0. The Morgan fingerprint density at radius 2 is 1.63 bits per heavy atom. The van der Waals surface area contributed by atoms with Gasteiger partial charge in [0.1, 0.15) is 6.04 Å². The van der Waals surface area contributed by atoms with Gasteiger partial charge in [0.05, 0.1) is 6.26 Å². The van der Waals surface area contributed by atoms with E-state index in [0.29, 0.717) is 16.9 Å². The van der Waals surface area contributed by atoms with E-state index in [1.807, 2.05) is 31.2 Å². The number of anilines is 2. The van der Waals surface area contributed by atoms with Crippen LogP contribution in [0.15, 0.2) is 71.3 Å². The minimum Gasteiger partial charge on any atom is -0.459 e. The maximum absolute atomic E-state index is 13.8. The normalized spacial score (nSPS) is 14.7. The third-order valence-corrected chi connectivity index (χ3v) is 6.27. The number of benzene rings is 2. The number of rotatable bonds is 7. The lowest BCUT2D eigenvalue weighted by molar-refractivity contribution is -0.123. The van der Waals surface area contributed by atoms with Crippen LogP contribution in [0.4, 0.5) is 11.4 Å². The van der Waals surface area contributed by atoms with Gasteiger partial charge < -0.3 is 15.1 Å². The highest BCUT2D eigenvalue weighted by molar-refractivity contribution is 6.08. The third kappa shape index (κ3) is 5.98. The van der Waals surface area contributed by atoms with Crippen LogP contribution in [0.25, 0.3) is 0 Å². The molecular formula is C28H31N3O4. The van der Waals surface area contributed by atoms with E-state index in [2.05, 4.69) is 10.6 Å². The van der Waals surface area contributed by atoms with E-state index in [-0.39, 0.29) is 23.6 Å². The second-order valence-corrected chi connectivity index (χ2v) is 9.04. The molecule has 2 N–H and O–H groups in total. The molecule has 0 saturated heterocycles. The van der Waals surface area contributed by atoms with Gasteiger partial charge in [0.2, 0.25) is 11.8 Å². The molecule has 182 valence electrons. The quantitative estimate of drug-likeness (QED) is 0.482. The molecule has 3 amide bonds. The van der Waals surface area contributed by atoms with Crippen LogP contribution in [-0.2, 0) is 9.59 Å². The molecule has 7 heteroatoms. The largest absolute Gasteiger partial charge is 0.459 e. The zero-order valence-electron chi connectivity index (χ0n) is 20.1. The molecule has 1 atom stereocenters. The van der Waals surface area contributed by atoms with Crippen molar-refractivity contribution in [3.8, 4) is 0 Å². The van der Waals surface area contributed by atoms with Gasteiger partial charge in [0.25, 0.3) is 5.91 Å². The lowest BCUT2D eigenvalue weighted by Gasteiger charge is -2.33. The second kappa shape index (κ2) is 11.0. The van der Waals surface area contributed by atoms with Crippen LogP contribution in [0.1, 0.15) is 66.8 Å². The van der Waals surface area contributed by atoms with Crippen molar-refractivity contribution < 1.29 is 18.8 Å². The summed E-state index contributed by atoms with van der Waals surface area (Å²) in [6.07, 6.45) is 6.65. The van der Waals surface area contributed by atoms with E-state index in [9.17, 15) is 14.4 Å². The van der Waals surface area contributed by atoms with Crippen molar-refractivity contribution in [2.75, 3.05) is 10.2 Å². The SMILES string of the molecule is CC(=O)Nc1ccc(N(C(=O)c2ccco2)[C@H](C(=O)NC2CCCCC2)c2ccc(C)cc2)cc1. The Bertz CT molecular complexity index is 1150. The Balaban J connectivity index is 1.76. The highest BCUT2D eigenvalue weighted by atomic mass is 16.3. The molecule has 7 nitrogen and oxygen atoms in total. The van der Waals surface area contributed by atoms with Gasteiger partial charge in [0, 0.05) is 24.3 Å². The predicted octanol–water partition coefficient (Wildman–Crippen LogP) is 5.38. The fourth-order valence-electron chi connectivity index (χ4n) is 4.50. The van der Waals surface area contributed by atoms with Gasteiger partial charge in [-0.1, -0.05) is 49.1 Å². The summed E-state index contributed by atoms with van der Waals surface area (Å²) < 4.78 is 5.43. The summed E-state index contributed by atoms with van der Waals surface area (Å²) in [6.45, 7) is 3.41. The predicted molar refractivity (Wildman–Crippen MR) is 135 cm³/mol. The van der Waals surface area contributed by atoms with Gasteiger partial charge in [-0.15, -0.1) is 0 Å². The smallest absolute Gasteiger partial charge is 0.294 e. The molecule has 0 spiro atoms. The Morgan fingerprint density at radius 3 is 2.23 bits per heavy atom. The first kappa shape index (κ1) is 24.3. The van der Waals surface area contributed by atoms with E-state index < -0.39 is 11.9 Å². The number of nitrogens with zero attached hydrogens (tertiary/aromatic N) is 1. The van der Waals surface area contributed by atoms with Crippen LogP contribution in [-0.4, -0.2) is 23.8 Å². The first-order chi connectivity index (χ1) is 16.9. The maximum Gasteiger partial charge on any atom is 0.294 e. The first-order valence-electron chi connectivity index (χ1n) is 12.0. The molecule has 35 heavy (non-hydrogen) atoms. The Morgan fingerprint density at radius 1 is 0.943 bits per heavy atom. The molecule has 1 aromatic heterocycles. The topological polar surface area (TPSA) is 91.7 Å². The fourth-order valence-corrected chi connectivity index (χ4v) is 4.50. The summed E-state index contributed by atoms with van der Waals surface area (Å²) >= 11 is 0. The van der Waals surface area contributed by atoms with Crippen LogP contribution < -0.4 is 15.5 Å². The van der Waals surface area contributed by atoms with Crippen molar-refractivity contribution >= 4 is 29.1 Å². The summed E-state index contributed by atoms with van der Waals surface area (Å²) in [5, 5.41) is 5.93. The number of hydrogen-bond acceptors (Lipinski definition) is 4. The van der Waals surface area contributed by atoms with Crippen molar-refractivity contribution in [1.82, 2.24) is 5.32 Å². The van der Waals surface area contributed by atoms with E-state index >= 15 is 0 Å². The van der Waals surface area contributed by atoms with Gasteiger partial charge in [-0.05, 0) is 61.7 Å². The Kier molecular flexibility index (Phi) is 7.65. The van der Waals surface area contributed by atoms with E-state index in [1.54, 1.807) is 36.4 Å². The van der Waals surface area contributed by atoms with Crippen molar-refractivity contribution in [2.24, 2.45) is 0 Å². The summed E-state index contributed by atoms with van der Waals surface area (Å²) in [5.74, 6) is -0.706. The van der Waals surface area contributed by atoms with E-state index in [0.717, 1.165) is 31.2 Å². The molecule has 0 bridgehead atoms. The van der Waals surface area contributed by atoms with Gasteiger partial charge in [0.15, 0.2) is 5.76 Å². The molecule has 3 aromatic rings. The lowest BCUT2D eigenvalue weighted by Crippen LogP contribution is -2.47. The number of nitrogens with one attached hydrogen (secondary N) is 2. The monoisotopic (exact) mass is 473 g/mol. The number of furan rings is 1. The number of amides is 3. The van der Waals surface area contributed by atoms with Gasteiger partial charge >= 0.3 is 0 Å². The molecule has 1 saturated carbocycles. The van der Waals surface area contributed by atoms with Gasteiger partial charge in [-0.3, -0.25) is 19.3 Å². The highest BCUT2D eigenvalue weighted by Gasteiger charge is 2.35. The number of aryl methyl sites for hydroxylation is 1. The summed E-state index contributed by atoms with van der Waals surface area (Å²) in [4.78, 5) is 40.5. The zero-order chi connectivity index (χ0) is 24.8. The number of carbonyl (C=O) groups is 3. The molecule has 1 heterocycles. The second-order valence-electron chi connectivity index (χ2n) is 9.04. The van der Waals surface area contributed by atoms with Crippen molar-refractivity contribution in [3.05, 3.63) is 83.8 Å². The minimum absolute atomic E-state index is 0.0897. The summed E-state index contributed by atoms with van der Waals surface area (Å²) in [6, 6.07) is 16.9. The Hall–Kier alpha value is -3.87. The first-order valence-corrected chi connectivity index (χ1v) is 12.0. The third-order valence-electron chi connectivity index (χ3n) is 6.27. The van der Waals surface area contributed by atoms with Crippen LogP contribution in [0.5, 0.6) is 0 Å². The number of carbonyl (C=O) groups excluding carboxylic acids is 3. The molecule has 0 radical (unpaired) electrons. The van der Waals surface area contributed by atoms with Gasteiger partial charge in [-0.25, -0.2) is 0 Å². The van der Waals surface area contributed by atoms with Crippen molar-refractivity contribution in [2.45, 2.75) is 58.0 Å². The fraction of sp³-hybridized carbons (Fsp3) is 0.321. The molecule has 1 aliphatic carbocycles. The van der Waals surface area contributed by atoms with Crippen molar-refractivity contribution in [1.29, 1.82) is 0 Å². The summed E-state index contributed by atoms with van der Waals surface area (Å²) in [5.41, 5.74) is 2.88. The van der Waals surface area contributed by atoms with E-state index in [4.69, 9.17) is 4.42 Å². The number of hydrogen-bond donors (Lipinski definition) is 2. The van der Waals surface area contributed by atoms with Crippen LogP contribution in [0.2, 0.25) is 0 Å². The highest BCUT2D eigenvalue weighted by Crippen LogP contribution is 2.32. The van der Waals surface area contributed by atoms with Crippen LogP contribution in [0, 0.1) is 6.92 Å². The van der Waals surface area contributed by atoms with Gasteiger partial charge in [-0.2, -0.15) is 0 Å². The minimum atomic E-state index is -0.901. The Labute approximate surface area is 205 Å². The molecule has 2 aromatic carbocycles.